The Balaban J connectivity index is 1.46. The number of esters is 1. The summed E-state index contributed by atoms with van der Waals surface area (Å²) in [6, 6.07) is 11.3. The minimum atomic E-state index is -0.852. The molecule has 0 radical (unpaired) electrons. The number of fused-ring (bicyclic) bond motifs is 2. The Morgan fingerprint density at radius 3 is 2.70 bits per heavy atom. The van der Waals surface area contributed by atoms with E-state index in [0.29, 0.717) is 10.9 Å². The van der Waals surface area contributed by atoms with E-state index in [1.54, 1.807) is 39.1 Å². The summed E-state index contributed by atoms with van der Waals surface area (Å²) in [5.41, 5.74) is 8.29. The van der Waals surface area contributed by atoms with E-state index in [-0.39, 0.29) is 51.0 Å². The predicted molar refractivity (Wildman–Crippen MR) is 158 cm³/mol. The van der Waals surface area contributed by atoms with Gasteiger partial charge in [-0.25, -0.2) is 19.6 Å². The van der Waals surface area contributed by atoms with Crippen molar-refractivity contribution < 1.29 is 28.7 Å². The number of terminal acetylenes is 1. The van der Waals surface area contributed by atoms with Crippen molar-refractivity contribution in [2.45, 2.75) is 25.2 Å². The predicted octanol–water partition coefficient (Wildman–Crippen LogP) is 1.04. The molecule has 0 aliphatic carbocycles. The summed E-state index contributed by atoms with van der Waals surface area (Å²) in [4.78, 5) is 59.5. The topological polar surface area (TPSA) is 151 Å². The first-order chi connectivity index (χ1) is 20.7. The quantitative estimate of drug-likeness (QED) is 0.269. The number of carbonyl (C=O) groups is 4. The van der Waals surface area contributed by atoms with Gasteiger partial charge < -0.3 is 30.3 Å². The summed E-state index contributed by atoms with van der Waals surface area (Å²) >= 11 is 1.37. The Kier molecular flexibility index (Phi) is 8.65. The lowest BCUT2D eigenvalue weighted by molar-refractivity contribution is -0.157. The molecule has 4 amide bonds. The number of nitrogen functional groups attached to an aromatic ring is 1. The number of hydrogen-bond acceptors (Lipinski definition) is 10. The maximum absolute atomic E-state index is 14.1. The molecule has 2 aliphatic rings. The van der Waals surface area contributed by atoms with Crippen LogP contribution >= 0.6 is 11.3 Å². The average Bonchev–Trinajstić information content (AvgIpc) is 3.55. The number of amides is 4. The zero-order chi connectivity index (χ0) is 30.7. The number of hydrazine groups is 1. The van der Waals surface area contributed by atoms with Gasteiger partial charge in [-0.3, -0.25) is 9.59 Å². The lowest BCUT2D eigenvalue weighted by Gasteiger charge is -2.46. The first kappa shape index (κ1) is 29.6. The van der Waals surface area contributed by atoms with Gasteiger partial charge in [0, 0.05) is 20.0 Å². The van der Waals surface area contributed by atoms with E-state index in [2.05, 4.69) is 21.0 Å². The van der Waals surface area contributed by atoms with Gasteiger partial charge in [0.15, 0.2) is 11.7 Å². The van der Waals surface area contributed by atoms with Crippen LogP contribution < -0.4 is 15.8 Å². The van der Waals surface area contributed by atoms with Gasteiger partial charge in [0.05, 0.1) is 37.0 Å². The Morgan fingerprint density at radius 1 is 1.23 bits per heavy atom. The van der Waals surface area contributed by atoms with E-state index in [9.17, 15) is 19.2 Å². The van der Waals surface area contributed by atoms with Crippen molar-refractivity contribution in [3.05, 3.63) is 53.6 Å². The zero-order valence-corrected chi connectivity index (χ0v) is 24.5. The lowest BCUT2D eigenvalue weighted by atomic mass is 9.99. The van der Waals surface area contributed by atoms with Gasteiger partial charge in [-0.2, -0.15) is 5.01 Å². The molecule has 0 saturated carbocycles. The number of methoxy groups -OCH3 is 1. The number of ether oxygens (including phenoxy) is 2. The lowest BCUT2D eigenvalue weighted by Crippen LogP contribution is -2.66. The number of hydrogen-bond donors (Lipinski definition) is 2. The van der Waals surface area contributed by atoms with E-state index in [1.165, 1.54) is 30.5 Å². The van der Waals surface area contributed by atoms with Crippen LogP contribution in [0.2, 0.25) is 0 Å². The molecule has 2 atom stereocenters. The Hall–Kier alpha value is -4.87. The van der Waals surface area contributed by atoms with E-state index in [1.807, 2.05) is 18.2 Å². The molecule has 0 unspecified atom stereocenters. The van der Waals surface area contributed by atoms with Crippen LogP contribution in [0.3, 0.4) is 0 Å². The number of aromatic nitrogens is 1. The molecule has 43 heavy (non-hydrogen) atoms. The number of anilines is 1. The summed E-state index contributed by atoms with van der Waals surface area (Å²) in [7, 11) is 2.76. The van der Waals surface area contributed by atoms with Crippen molar-refractivity contribution in [2.24, 2.45) is 0 Å². The Morgan fingerprint density at radius 2 is 2.00 bits per heavy atom. The van der Waals surface area contributed by atoms with Crippen LogP contribution in [0.15, 0.2) is 42.5 Å². The number of para-hydroxylation sites is 1. The van der Waals surface area contributed by atoms with Gasteiger partial charge in [-0.1, -0.05) is 41.5 Å². The smallest absolute Gasteiger partial charge is 0.343 e. The fraction of sp³-hybridized carbons (Fsp3) is 0.345. The second kappa shape index (κ2) is 12.6. The first-order valence-electron chi connectivity index (χ1n) is 13.5. The van der Waals surface area contributed by atoms with E-state index in [4.69, 9.17) is 16.9 Å². The molecule has 224 valence electrons. The van der Waals surface area contributed by atoms with Gasteiger partial charge in [0.25, 0.3) is 0 Å². The molecule has 0 spiro atoms. The molecule has 1 aromatic heterocycles. The molecule has 0 bridgehead atoms. The number of thiazole rings is 1. The number of rotatable bonds is 9. The van der Waals surface area contributed by atoms with Crippen molar-refractivity contribution in [1.82, 2.24) is 30.1 Å². The van der Waals surface area contributed by atoms with Crippen LogP contribution in [0, 0.1) is 12.3 Å². The molecule has 3 N–H and O–H groups in total. The Bertz CT molecular complexity index is 1590. The molecule has 13 nitrogen and oxygen atoms in total. The van der Waals surface area contributed by atoms with Crippen LogP contribution in [-0.2, 0) is 32.1 Å². The maximum Gasteiger partial charge on any atom is 0.343 e. The normalized spacial score (nSPS) is 18.3. The molecule has 2 saturated heterocycles. The number of piperazine rings is 1. The van der Waals surface area contributed by atoms with Crippen LogP contribution in [0.25, 0.3) is 10.2 Å². The van der Waals surface area contributed by atoms with Crippen molar-refractivity contribution in [1.29, 1.82) is 0 Å². The molecular formula is C29H31N7O6S. The molecule has 2 aliphatic heterocycles. The van der Waals surface area contributed by atoms with Crippen LogP contribution in [0.4, 0.5) is 9.93 Å². The highest BCUT2D eigenvalue weighted by molar-refractivity contribution is 7.22. The SMILES string of the molecule is C#CCN(C(=O)NC)N1CC(=O)N2[C@@H](Cc3ccc(OCC(=O)OC)cc3)C(=O)N(Cc3cccc4sc(N)nc34)C[C@@H]21. The van der Waals surface area contributed by atoms with Gasteiger partial charge in [0.1, 0.15) is 18.0 Å². The number of carbonyl (C=O) groups excluding carboxylic acids is 4. The zero-order valence-electron chi connectivity index (χ0n) is 23.7. The van der Waals surface area contributed by atoms with E-state index >= 15 is 0 Å². The number of nitrogens with two attached hydrogens (primary N) is 1. The van der Waals surface area contributed by atoms with E-state index in [0.717, 1.165) is 21.3 Å². The third-order valence-corrected chi connectivity index (χ3v) is 8.23. The monoisotopic (exact) mass is 605 g/mol. The highest BCUT2D eigenvalue weighted by atomic mass is 32.1. The average molecular weight is 606 g/mol. The number of nitrogens with one attached hydrogen (secondary N) is 1. The largest absolute Gasteiger partial charge is 0.482 e. The molecule has 2 fully saturated rings. The van der Waals surface area contributed by atoms with Crippen molar-refractivity contribution in [3.63, 3.8) is 0 Å². The van der Waals surface area contributed by atoms with Crippen molar-refractivity contribution in [2.75, 3.05) is 46.1 Å². The molecule has 2 aromatic carbocycles. The van der Waals surface area contributed by atoms with Crippen LogP contribution in [0.1, 0.15) is 11.1 Å². The fourth-order valence-electron chi connectivity index (χ4n) is 5.39. The summed E-state index contributed by atoms with van der Waals surface area (Å²) in [6.07, 6.45) is 5.15. The van der Waals surface area contributed by atoms with Gasteiger partial charge in [0.2, 0.25) is 11.8 Å². The van der Waals surface area contributed by atoms with Crippen molar-refractivity contribution in [3.8, 4) is 18.1 Å². The minimum Gasteiger partial charge on any atom is -0.482 e. The summed E-state index contributed by atoms with van der Waals surface area (Å²) in [6.45, 7) is -0.0219. The van der Waals surface area contributed by atoms with Gasteiger partial charge in [-0.15, -0.1) is 6.42 Å². The summed E-state index contributed by atoms with van der Waals surface area (Å²) < 4.78 is 10.9. The van der Waals surface area contributed by atoms with E-state index < -0.39 is 24.2 Å². The standard InChI is InChI=1S/C29H31N7O6S/c1-4-12-34(29(40)31-2)35-16-24(37)36-21(13-18-8-10-20(11-9-18)42-17-25(38)41-3)27(39)33(15-23(35)36)14-19-6-5-7-22-26(19)32-28(30)43-22/h1,5-11,21,23H,12-17H2,2-3H3,(H2,30,32)(H,31,40)/t21-,23+/m0/s1. The second-order valence-corrected chi connectivity index (χ2v) is 11.0. The van der Waals surface area contributed by atoms with Crippen LogP contribution in [0.5, 0.6) is 5.75 Å². The number of urea groups is 1. The van der Waals surface area contributed by atoms with Crippen molar-refractivity contribution >= 4 is 50.5 Å². The van der Waals surface area contributed by atoms with Gasteiger partial charge >= 0.3 is 12.0 Å². The maximum atomic E-state index is 14.1. The highest BCUT2D eigenvalue weighted by Crippen LogP contribution is 2.32. The van der Waals surface area contributed by atoms with Crippen LogP contribution in [-0.4, -0.2) is 101 Å². The second-order valence-electron chi connectivity index (χ2n) is 9.96. The Labute approximate surface area is 252 Å². The number of nitrogens with zero attached hydrogens (tertiary/aromatic N) is 5. The highest BCUT2D eigenvalue weighted by Gasteiger charge is 2.52. The molecular weight excluding hydrogens is 574 g/mol. The summed E-state index contributed by atoms with van der Waals surface area (Å²) in [5, 5.41) is 5.95. The molecule has 3 aromatic rings. The molecule has 3 heterocycles. The fourth-order valence-corrected chi connectivity index (χ4v) is 6.17. The third-order valence-electron chi connectivity index (χ3n) is 7.38. The first-order valence-corrected chi connectivity index (χ1v) is 14.3. The molecule has 14 heteroatoms. The summed E-state index contributed by atoms with van der Waals surface area (Å²) in [5.74, 6) is 1.91. The molecule has 5 rings (SSSR count). The minimum absolute atomic E-state index is 0.0552. The number of benzene rings is 2. The van der Waals surface area contributed by atoms with Gasteiger partial charge in [-0.05, 0) is 29.3 Å². The third kappa shape index (κ3) is 6.04.